The molecule has 27 heavy (non-hydrogen) atoms. The highest BCUT2D eigenvalue weighted by atomic mass is 32.2. The molecule has 3 rings (SSSR count). The predicted octanol–water partition coefficient (Wildman–Crippen LogP) is 5.46. The minimum Gasteiger partial charge on any atom is -0.493 e. The second kappa shape index (κ2) is 8.35. The molecule has 0 bridgehead atoms. The van der Waals surface area contributed by atoms with Crippen LogP contribution in [0.15, 0.2) is 47.6 Å². The van der Waals surface area contributed by atoms with Crippen molar-refractivity contribution in [2.24, 2.45) is 0 Å². The van der Waals surface area contributed by atoms with Gasteiger partial charge >= 0.3 is 0 Å². The molecule has 140 valence electrons. The Balaban J connectivity index is 1.80. The van der Waals surface area contributed by atoms with E-state index >= 15 is 0 Å². The summed E-state index contributed by atoms with van der Waals surface area (Å²) in [4.78, 5) is 8.63. The first-order valence-electron chi connectivity index (χ1n) is 8.20. The third-order valence-electron chi connectivity index (χ3n) is 3.75. The lowest BCUT2D eigenvalue weighted by molar-refractivity contribution is 0.372. The number of hydrogen-bond donors (Lipinski definition) is 0. The minimum atomic E-state index is -0.587. The summed E-state index contributed by atoms with van der Waals surface area (Å²) < 4.78 is 38.7. The van der Waals surface area contributed by atoms with Gasteiger partial charge in [0.05, 0.1) is 7.11 Å². The van der Waals surface area contributed by atoms with Crippen LogP contribution in [0.4, 0.5) is 8.78 Å². The molecule has 0 aliphatic carbocycles. The van der Waals surface area contributed by atoms with Gasteiger partial charge in [-0.05, 0) is 43.7 Å². The molecule has 0 aliphatic heterocycles. The van der Waals surface area contributed by atoms with Gasteiger partial charge in [-0.25, -0.2) is 13.8 Å². The standard InChI is InChI=1S/C20H18F2N2O2S/c1-12-7-8-17(18(9-12)25-3)26-19-10-13(2)23-20(24-19)27-11-14-15(21)5-4-6-16(14)22/h4-10H,11H2,1-3H3. The van der Waals surface area contributed by atoms with Crippen LogP contribution in [0.3, 0.4) is 0 Å². The van der Waals surface area contributed by atoms with E-state index in [1.54, 1.807) is 26.2 Å². The second-order valence-corrected chi connectivity index (χ2v) is 6.82. The number of halogens is 2. The van der Waals surface area contributed by atoms with Crippen LogP contribution in [0, 0.1) is 25.5 Å². The fourth-order valence-electron chi connectivity index (χ4n) is 2.41. The predicted molar refractivity (Wildman–Crippen MR) is 100 cm³/mol. The summed E-state index contributed by atoms with van der Waals surface area (Å²) >= 11 is 1.14. The lowest BCUT2D eigenvalue weighted by atomic mass is 10.2. The largest absolute Gasteiger partial charge is 0.493 e. The summed E-state index contributed by atoms with van der Waals surface area (Å²) in [6, 6.07) is 11.0. The van der Waals surface area contributed by atoms with Crippen molar-refractivity contribution < 1.29 is 18.3 Å². The fraction of sp³-hybridized carbons (Fsp3) is 0.200. The van der Waals surface area contributed by atoms with Crippen LogP contribution in [-0.2, 0) is 5.75 Å². The molecular weight excluding hydrogens is 370 g/mol. The van der Waals surface area contributed by atoms with Gasteiger partial charge in [0.25, 0.3) is 0 Å². The number of rotatable bonds is 6. The number of nitrogens with zero attached hydrogens (tertiary/aromatic N) is 2. The van der Waals surface area contributed by atoms with E-state index < -0.39 is 11.6 Å². The average Bonchev–Trinajstić information content (AvgIpc) is 2.62. The monoisotopic (exact) mass is 388 g/mol. The molecule has 0 saturated heterocycles. The summed E-state index contributed by atoms with van der Waals surface area (Å²) in [5.41, 5.74) is 1.72. The van der Waals surface area contributed by atoms with Crippen molar-refractivity contribution in [2.45, 2.75) is 24.8 Å². The molecule has 2 aromatic carbocycles. The van der Waals surface area contributed by atoms with Crippen LogP contribution in [0.1, 0.15) is 16.8 Å². The van der Waals surface area contributed by atoms with E-state index in [9.17, 15) is 8.78 Å². The molecule has 0 fully saturated rings. The molecule has 0 spiro atoms. The van der Waals surface area contributed by atoms with Crippen LogP contribution < -0.4 is 9.47 Å². The van der Waals surface area contributed by atoms with Crippen LogP contribution in [0.25, 0.3) is 0 Å². The molecular formula is C20H18F2N2O2S. The zero-order chi connectivity index (χ0) is 19.4. The molecule has 1 heterocycles. The van der Waals surface area contributed by atoms with E-state index in [-0.39, 0.29) is 11.3 Å². The van der Waals surface area contributed by atoms with Crippen molar-refractivity contribution >= 4 is 11.8 Å². The first kappa shape index (κ1) is 19.1. The summed E-state index contributed by atoms with van der Waals surface area (Å²) in [5.74, 6) is 0.356. The van der Waals surface area contributed by atoms with Gasteiger partial charge in [0.1, 0.15) is 11.6 Å². The van der Waals surface area contributed by atoms with Crippen molar-refractivity contribution in [3.8, 4) is 17.4 Å². The third kappa shape index (κ3) is 4.74. The number of aryl methyl sites for hydroxylation is 2. The van der Waals surface area contributed by atoms with E-state index in [0.29, 0.717) is 28.2 Å². The van der Waals surface area contributed by atoms with Crippen LogP contribution in [0.2, 0.25) is 0 Å². The summed E-state index contributed by atoms with van der Waals surface area (Å²) in [6.07, 6.45) is 0. The van der Waals surface area contributed by atoms with Crippen LogP contribution in [0.5, 0.6) is 17.4 Å². The van der Waals surface area contributed by atoms with Gasteiger partial charge in [0.2, 0.25) is 5.88 Å². The maximum atomic E-state index is 13.8. The summed E-state index contributed by atoms with van der Waals surface area (Å²) in [5, 5.41) is 0.374. The molecule has 3 aromatic rings. The maximum Gasteiger partial charge on any atom is 0.223 e. The molecule has 0 saturated carbocycles. The number of aromatic nitrogens is 2. The first-order valence-corrected chi connectivity index (χ1v) is 9.18. The van der Waals surface area contributed by atoms with Gasteiger partial charge in [-0.1, -0.05) is 23.9 Å². The third-order valence-corrected chi connectivity index (χ3v) is 4.62. The lowest BCUT2D eigenvalue weighted by Crippen LogP contribution is -1.98. The number of benzene rings is 2. The molecule has 0 aliphatic rings. The molecule has 0 radical (unpaired) electrons. The Morgan fingerprint density at radius 1 is 0.963 bits per heavy atom. The highest BCUT2D eigenvalue weighted by Gasteiger charge is 2.12. The molecule has 0 atom stereocenters. The molecule has 0 amide bonds. The van der Waals surface area contributed by atoms with E-state index in [1.165, 1.54) is 18.2 Å². The van der Waals surface area contributed by atoms with Crippen molar-refractivity contribution in [1.82, 2.24) is 9.97 Å². The molecule has 7 heteroatoms. The van der Waals surface area contributed by atoms with Gasteiger partial charge in [-0.15, -0.1) is 0 Å². The van der Waals surface area contributed by atoms with Crippen LogP contribution >= 0.6 is 11.8 Å². The SMILES string of the molecule is COc1cc(C)ccc1Oc1cc(C)nc(SCc2c(F)cccc2F)n1. The Bertz CT molecular complexity index is 946. The summed E-state index contributed by atoms with van der Waals surface area (Å²) in [7, 11) is 1.57. The number of thioether (sulfide) groups is 1. The van der Waals surface area contributed by atoms with Gasteiger partial charge in [-0.3, -0.25) is 0 Å². The van der Waals surface area contributed by atoms with E-state index in [2.05, 4.69) is 9.97 Å². The minimum absolute atomic E-state index is 0.00437. The molecule has 1 aromatic heterocycles. The fourth-order valence-corrected chi connectivity index (χ4v) is 3.32. The number of methoxy groups -OCH3 is 1. The van der Waals surface area contributed by atoms with Gasteiger partial charge in [-0.2, -0.15) is 4.98 Å². The van der Waals surface area contributed by atoms with Crippen molar-refractivity contribution in [1.29, 1.82) is 0 Å². The Morgan fingerprint density at radius 2 is 1.70 bits per heavy atom. The molecule has 0 N–H and O–H groups in total. The van der Waals surface area contributed by atoms with Gasteiger partial charge in [0.15, 0.2) is 16.7 Å². The second-order valence-electron chi connectivity index (χ2n) is 5.88. The first-order chi connectivity index (χ1) is 13.0. The zero-order valence-corrected chi connectivity index (χ0v) is 15.9. The van der Waals surface area contributed by atoms with Crippen molar-refractivity contribution in [3.05, 3.63) is 70.9 Å². The normalized spacial score (nSPS) is 10.7. The van der Waals surface area contributed by atoms with E-state index in [1.807, 2.05) is 19.1 Å². The average molecular weight is 388 g/mol. The number of hydrogen-bond acceptors (Lipinski definition) is 5. The highest BCUT2D eigenvalue weighted by Crippen LogP contribution is 2.32. The summed E-state index contributed by atoms with van der Waals surface area (Å²) in [6.45, 7) is 3.76. The maximum absolute atomic E-state index is 13.8. The zero-order valence-electron chi connectivity index (χ0n) is 15.1. The Hall–Kier alpha value is -2.67. The van der Waals surface area contributed by atoms with Crippen LogP contribution in [-0.4, -0.2) is 17.1 Å². The number of ether oxygens (including phenoxy) is 2. The Labute approximate surface area is 160 Å². The quantitative estimate of drug-likeness (QED) is 0.414. The highest BCUT2D eigenvalue weighted by molar-refractivity contribution is 7.98. The van der Waals surface area contributed by atoms with Gasteiger partial charge < -0.3 is 9.47 Å². The van der Waals surface area contributed by atoms with E-state index in [0.717, 1.165) is 17.3 Å². The topological polar surface area (TPSA) is 44.2 Å². The van der Waals surface area contributed by atoms with Crippen molar-refractivity contribution in [2.75, 3.05) is 7.11 Å². The Morgan fingerprint density at radius 3 is 2.41 bits per heavy atom. The smallest absolute Gasteiger partial charge is 0.223 e. The van der Waals surface area contributed by atoms with Crippen molar-refractivity contribution in [3.63, 3.8) is 0 Å². The molecule has 0 unspecified atom stereocenters. The van der Waals surface area contributed by atoms with Gasteiger partial charge in [0, 0.05) is 23.1 Å². The van der Waals surface area contributed by atoms with E-state index in [4.69, 9.17) is 9.47 Å². The Kier molecular flexibility index (Phi) is 5.91. The molecule has 4 nitrogen and oxygen atoms in total. The lowest BCUT2D eigenvalue weighted by Gasteiger charge is -2.11.